The Bertz CT molecular complexity index is 1200. The molecule has 2 atom stereocenters. The minimum atomic E-state index is -0.845. The Hall–Kier alpha value is -1.66. The SMILES string of the molecule is CCCCCCCC/C=C\CCCCCCCC(=O)OCCCCCCCCCCCCCCCCCCCCCCCCCCC(=O)NC(CO)C(O)/C=C/CCCCCCCCCCCCCCCCCCCCC. The number of aliphatic hydroxyl groups is 2. The van der Waals surface area contributed by atoms with Gasteiger partial charge in [-0.25, -0.2) is 0 Å². The Morgan fingerprint density at radius 2 is 0.610 bits per heavy atom. The van der Waals surface area contributed by atoms with E-state index in [0.717, 1.165) is 44.9 Å². The summed E-state index contributed by atoms with van der Waals surface area (Å²) in [5.74, 6) is -0.0550. The lowest BCUT2D eigenvalue weighted by Crippen LogP contribution is -2.45. The fourth-order valence-electron chi connectivity index (χ4n) is 11.1. The highest BCUT2D eigenvalue weighted by molar-refractivity contribution is 5.76. The van der Waals surface area contributed by atoms with Crippen LogP contribution >= 0.6 is 0 Å². The van der Waals surface area contributed by atoms with E-state index in [9.17, 15) is 19.8 Å². The number of hydrogen-bond acceptors (Lipinski definition) is 5. The summed E-state index contributed by atoms with van der Waals surface area (Å²) in [4.78, 5) is 24.6. The highest BCUT2D eigenvalue weighted by Gasteiger charge is 2.18. The Balaban J connectivity index is 3.39. The first-order valence-electron chi connectivity index (χ1n) is 35.1. The topological polar surface area (TPSA) is 95.9 Å². The van der Waals surface area contributed by atoms with Gasteiger partial charge in [0.15, 0.2) is 0 Å². The van der Waals surface area contributed by atoms with E-state index in [1.165, 1.54) is 321 Å². The lowest BCUT2D eigenvalue weighted by Gasteiger charge is -2.20. The number of aliphatic hydroxyl groups excluding tert-OH is 2. The molecule has 6 heteroatoms. The molecular formula is C71H137NO5. The van der Waals surface area contributed by atoms with Gasteiger partial charge in [0, 0.05) is 12.8 Å². The highest BCUT2D eigenvalue weighted by atomic mass is 16.5. The minimum Gasteiger partial charge on any atom is -0.466 e. The molecule has 0 radical (unpaired) electrons. The van der Waals surface area contributed by atoms with Crippen molar-refractivity contribution < 1.29 is 24.5 Å². The van der Waals surface area contributed by atoms with Crippen LogP contribution in [0.15, 0.2) is 24.3 Å². The van der Waals surface area contributed by atoms with Gasteiger partial charge in [0.2, 0.25) is 5.91 Å². The van der Waals surface area contributed by atoms with Crippen molar-refractivity contribution in [2.24, 2.45) is 0 Å². The number of unbranched alkanes of at least 4 members (excludes halogenated alkanes) is 53. The summed E-state index contributed by atoms with van der Waals surface area (Å²) in [5, 5.41) is 23.3. The smallest absolute Gasteiger partial charge is 0.305 e. The van der Waals surface area contributed by atoms with Gasteiger partial charge in [-0.2, -0.15) is 0 Å². The fraction of sp³-hybridized carbons (Fsp3) is 0.915. The molecule has 0 saturated heterocycles. The Kier molecular flexibility index (Phi) is 65.4. The highest BCUT2D eigenvalue weighted by Crippen LogP contribution is 2.19. The van der Waals surface area contributed by atoms with E-state index in [0.29, 0.717) is 19.4 Å². The maximum atomic E-state index is 12.5. The molecule has 456 valence electrons. The number of esters is 1. The van der Waals surface area contributed by atoms with Crippen molar-refractivity contribution in [1.29, 1.82) is 0 Å². The molecule has 6 nitrogen and oxygen atoms in total. The van der Waals surface area contributed by atoms with E-state index in [4.69, 9.17) is 4.74 Å². The first kappa shape index (κ1) is 75.3. The molecule has 0 aromatic carbocycles. The lowest BCUT2D eigenvalue weighted by molar-refractivity contribution is -0.143. The third kappa shape index (κ3) is 63.4. The molecule has 0 aromatic heterocycles. The molecule has 0 rings (SSSR count). The van der Waals surface area contributed by atoms with Crippen LogP contribution < -0.4 is 5.32 Å². The second kappa shape index (κ2) is 66.8. The lowest BCUT2D eigenvalue weighted by atomic mass is 10.0. The van der Waals surface area contributed by atoms with Crippen LogP contribution in [0.2, 0.25) is 0 Å². The van der Waals surface area contributed by atoms with E-state index in [-0.39, 0.29) is 18.5 Å². The van der Waals surface area contributed by atoms with Crippen molar-refractivity contribution in [3.63, 3.8) is 0 Å². The Morgan fingerprint density at radius 1 is 0.351 bits per heavy atom. The molecule has 1 amide bonds. The van der Waals surface area contributed by atoms with Gasteiger partial charge >= 0.3 is 5.97 Å². The number of rotatable bonds is 66. The number of hydrogen-bond donors (Lipinski definition) is 3. The molecule has 0 heterocycles. The molecule has 0 fully saturated rings. The average molecular weight is 1080 g/mol. The third-order valence-corrected chi connectivity index (χ3v) is 16.5. The molecule has 0 aromatic rings. The first-order valence-corrected chi connectivity index (χ1v) is 35.1. The summed E-state index contributed by atoms with van der Waals surface area (Å²) in [6.07, 6.45) is 83.9. The zero-order valence-electron chi connectivity index (χ0n) is 52.2. The van der Waals surface area contributed by atoms with Crippen LogP contribution in [0.5, 0.6) is 0 Å². The second-order valence-electron chi connectivity index (χ2n) is 24.2. The van der Waals surface area contributed by atoms with Crippen molar-refractivity contribution in [1.82, 2.24) is 5.32 Å². The maximum Gasteiger partial charge on any atom is 0.305 e. The van der Waals surface area contributed by atoms with Gasteiger partial charge in [0.25, 0.3) is 0 Å². The molecule has 3 N–H and O–H groups in total. The predicted molar refractivity (Wildman–Crippen MR) is 338 cm³/mol. The summed E-state index contributed by atoms with van der Waals surface area (Å²) >= 11 is 0. The maximum absolute atomic E-state index is 12.5. The molecular weight excluding hydrogens is 947 g/mol. The zero-order chi connectivity index (χ0) is 55.7. The van der Waals surface area contributed by atoms with E-state index >= 15 is 0 Å². The van der Waals surface area contributed by atoms with Crippen molar-refractivity contribution in [2.75, 3.05) is 13.2 Å². The molecule has 2 unspecified atom stereocenters. The van der Waals surface area contributed by atoms with Crippen LogP contribution in [0.1, 0.15) is 393 Å². The Morgan fingerprint density at radius 3 is 0.922 bits per heavy atom. The fourth-order valence-corrected chi connectivity index (χ4v) is 11.1. The quantitative estimate of drug-likeness (QED) is 0.0320. The summed E-state index contributed by atoms with van der Waals surface area (Å²) in [5.41, 5.74) is 0. The van der Waals surface area contributed by atoms with E-state index < -0.39 is 12.1 Å². The van der Waals surface area contributed by atoms with Crippen LogP contribution in [-0.4, -0.2) is 47.4 Å². The van der Waals surface area contributed by atoms with E-state index in [2.05, 4.69) is 31.3 Å². The number of amides is 1. The summed E-state index contributed by atoms with van der Waals surface area (Å²) < 4.78 is 5.49. The second-order valence-corrected chi connectivity index (χ2v) is 24.2. The van der Waals surface area contributed by atoms with Crippen LogP contribution in [0.3, 0.4) is 0 Å². The molecule has 0 bridgehead atoms. The van der Waals surface area contributed by atoms with Crippen LogP contribution in [-0.2, 0) is 14.3 Å². The van der Waals surface area contributed by atoms with Gasteiger partial charge in [-0.3, -0.25) is 9.59 Å². The summed E-state index contributed by atoms with van der Waals surface area (Å²) in [6.45, 7) is 4.93. The van der Waals surface area contributed by atoms with E-state index in [1.807, 2.05) is 6.08 Å². The molecule has 0 aliphatic rings. The van der Waals surface area contributed by atoms with Crippen LogP contribution in [0.4, 0.5) is 0 Å². The third-order valence-electron chi connectivity index (χ3n) is 16.5. The zero-order valence-corrected chi connectivity index (χ0v) is 52.2. The summed E-state index contributed by atoms with van der Waals surface area (Å²) in [6, 6.07) is -0.628. The predicted octanol–water partition coefficient (Wildman–Crippen LogP) is 22.5. The minimum absolute atomic E-state index is 0.00783. The van der Waals surface area contributed by atoms with Crippen LogP contribution in [0, 0.1) is 0 Å². The van der Waals surface area contributed by atoms with Gasteiger partial charge < -0.3 is 20.3 Å². The van der Waals surface area contributed by atoms with E-state index in [1.54, 1.807) is 6.08 Å². The number of carbonyl (C=O) groups is 2. The normalized spacial score (nSPS) is 12.6. The molecule has 77 heavy (non-hydrogen) atoms. The Labute approximate surface area is 481 Å². The van der Waals surface area contributed by atoms with Gasteiger partial charge in [0.1, 0.15) is 0 Å². The largest absolute Gasteiger partial charge is 0.466 e. The van der Waals surface area contributed by atoms with Gasteiger partial charge in [-0.15, -0.1) is 0 Å². The number of nitrogens with one attached hydrogen (secondary N) is 1. The first-order chi connectivity index (χ1) is 38.0. The number of allylic oxidation sites excluding steroid dienone is 3. The van der Waals surface area contributed by atoms with Crippen LogP contribution in [0.25, 0.3) is 0 Å². The molecule has 0 aliphatic heterocycles. The molecule has 0 aliphatic carbocycles. The molecule has 0 saturated carbocycles. The number of carbonyl (C=O) groups excluding carboxylic acids is 2. The van der Waals surface area contributed by atoms with Crippen molar-refractivity contribution in [3.8, 4) is 0 Å². The monoisotopic (exact) mass is 1080 g/mol. The van der Waals surface area contributed by atoms with Gasteiger partial charge in [-0.05, 0) is 57.8 Å². The van der Waals surface area contributed by atoms with Crippen molar-refractivity contribution in [2.45, 2.75) is 405 Å². The van der Waals surface area contributed by atoms with Crippen molar-refractivity contribution in [3.05, 3.63) is 24.3 Å². The van der Waals surface area contributed by atoms with Crippen molar-refractivity contribution >= 4 is 11.9 Å². The average Bonchev–Trinajstić information content (AvgIpc) is 3.43. The van der Waals surface area contributed by atoms with Gasteiger partial charge in [-0.1, -0.05) is 346 Å². The van der Waals surface area contributed by atoms with Gasteiger partial charge in [0.05, 0.1) is 25.4 Å². The molecule has 0 spiro atoms. The number of ether oxygens (including phenoxy) is 1. The summed E-state index contributed by atoms with van der Waals surface area (Å²) in [7, 11) is 0. The standard InChI is InChI=1S/C71H137NO5/c1-3-5-7-9-11-13-15-17-19-20-21-26-29-32-36-39-43-47-51-55-59-63-69(74)68(67-73)72-70(75)64-60-56-52-48-44-40-37-33-30-27-24-22-23-25-28-31-34-38-42-46-50-54-58-62-66-77-71(76)65-61-57-53-49-45-41-35-18-16-14-12-10-8-6-4-2/h18,35,59,63,68-69,73-74H,3-17,19-34,36-58,60-62,64-67H2,1-2H3,(H,72,75)/b35-18-,63-59+.